The summed E-state index contributed by atoms with van der Waals surface area (Å²) in [6, 6.07) is 8.92. The summed E-state index contributed by atoms with van der Waals surface area (Å²) in [4.78, 5) is 12.2. The van der Waals surface area contributed by atoms with Gasteiger partial charge < -0.3 is 5.32 Å². The van der Waals surface area contributed by atoms with Gasteiger partial charge in [0.15, 0.2) is 0 Å². The number of carbonyl (C=O) groups is 1. The second-order valence-corrected chi connectivity index (χ2v) is 5.76. The van der Waals surface area contributed by atoms with E-state index in [-0.39, 0.29) is 12.5 Å². The van der Waals surface area contributed by atoms with Crippen LogP contribution >= 0.6 is 23.2 Å². The van der Waals surface area contributed by atoms with Gasteiger partial charge in [-0.3, -0.25) is 14.6 Å². The molecule has 0 saturated heterocycles. The average Bonchev–Trinajstić information content (AvgIpc) is 3.14. The number of aryl methyl sites for hydroxylation is 1. The van der Waals surface area contributed by atoms with E-state index in [1.54, 1.807) is 29.9 Å². The highest BCUT2D eigenvalue weighted by atomic mass is 35.5. The fraction of sp³-hybridized carbons (Fsp3) is 0.133. The molecule has 0 unspecified atom stereocenters. The van der Waals surface area contributed by atoms with Gasteiger partial charge in [0.05, 0.1) is 29.2 Å². The maximum absolute atomic E-state index is 12.2. The minimum Gasteiger partial charge on any atom is -0.345 e. The number of aromatic amines is 1. The van der Waals surface area contributed by atoms with Crippen LogP contribution in [0.15, 0.2) is 36.5 Å². The molecule has 0 saturated carbocycles. The summed E-state index contributed by atoms with van der Waals surface area (Å²) >= 11 is 11.9. The van der Waals surface area contributed by atoms with Gasteiger partial charge in [-0.15, -0.1) is 0 Å². The number of amides is 1. The first-order chi connectivity index (χ1) is 11.0. The summed E-state index contributed by atoms with van der Waals surface area (Å²) in [6.45, 7) is 0.281. The first-order valence-corrected chi connectivity index (χ1v) is 7.56. The zero-order valence-corrected chi connectivity index (χ0v) is 13.7. The molecule has 2 aromatic heterocycles. The standard InChI is InChI=1S/C15H13Cl2N5O/c1-22-14(11(17)7-19-22)8-18-15(23)13-6-12(20-21-13)9-2-4-10(16)5-3-9/h2-7H,8H2,1H3,(H,18,23)(H,20,21). The normalized spacial score (nSPS) is 10.7. The number of carbonyl (C=O) groups excluding carboxylic acids is 1. The van der Waals surface area contributed by atoms with E-state index < -0.39 is 0 Å². The van der Waals surface area contributed by atoms with Gasteiger partial charge in [0.1, 0.15) is 5.69 Å². The van der Waals surface area contributed by atoms with Gasteiger partial charge in [0.25, 0.3) is 5.91 Å². The Bertz CT molecular complexity index is 818. The van der Waals surface area contributed by atoms with E-state index >= 15 is 0 Å². The topological polar surface area (TPSA) is 75.6 Å². The lowest BCUT2D eigenvalue weighted by Crippen LogP contribution is -2.24. The van der Waals surface area contributed by atoms with Crippen LogP contribution in [-0.4, -0.2) is 25.9 Å². The number of rotatable bonds is 4. The predicted molar refractivity (Wildman–Crippen MR) is 88.4 cm³/mol. The molecule has 0 aliphatic carbocycles. The molecule has 0 atom stereocenters. The molecule has 118 valence electrons. The van der Waals surface area contributed by atoms with Crippen molar-refractivity contribution in [3.8, 4) is 11.3 Å². The Hall–Kier alpha value is -2.31. The Labute approximate surface area is 142 Å². The van der Waals surface area contributed by atoms with E-state index in [9.17, 15) is 4.79 Å². The minimum atomic E-state index is -0.269. The number of hydrogen-bond acceptors (Lipinski definition) is 3. The van der Waals surface area contributed by atoms with Gasteiger partial charge in [-0.05, 0) is 18.2 Å². The molecule has 2 heterocycles. The van der Waals surface area contributed by atoms with Crippen LogP contribution in [0.25, 0.3) is 11.3 Å². The molecule has 0 fully saturated rings. The Balaban J connectivity index is 1.70. The lowest BCUT2D eigenvalue weighted by molar-refractivity contribution is 0.0945. The van der Waals surface area contributed by atoms with Crippen molar-refractivity contribution < 1.29 is 4.79 Å². The summed E-state index contributed by atoms with van der Waals surface area (Å²) in [5.74, 6) is -0.269. The monoisotopic (exact) mass is 349 g/mol. The van der Waals surface area contributed by atoms with Gasteiger partial charge in [-0.1, -0.05) is 35.3 Å². The van der Waals surface area contributed by atoms with Crippen molar-refractivity contribution in [1.82, 2.24) is 25.3 Å². The summed E-state index contributed by atoms with van der Waals surface area (Å²) in [5, 5.41) is 14.8. The third-order valence-electron chi connectivity index (χ3n) is 3.39. The smallest absolute Gasteiger partial charge is 0.269 e. The molecule has 0 radical (unpaired) electrons. The lowest BCUT2D eigenvalue weighted by Gasteiger charge is -2.04. The maximum atomic E-state index is 12.2. The second-order valence-electron chi connectivity index (χ2n) is 4.92. The van der Waals surface area contributed by atoms with Gasteiger partial charge in [0.2, 0.25) is 0 Å². The number of hydrogen-bond donors (Lipinski definition) is 2. The first kappa shape index (κ1) is 15.6. The molecule has 0 aliphatic rings. The number of nitrogens with one attached hydrogen (secondary N) is 2. The highest BCUT2D eigenvalue weighted by Gasteiger charge is 2.13. The minimum absolute atomic E-state index is 0.269. The van der Waals surface area contributed by atoms with Crippen molar-refractivity contribution in [3.63, 3.8) is 0 Å². The molecule has 3 rings (SSSR count). The van der Waals surface area contributed by atoms with Gasteiger partial charge >= 0.3 is 0 Å². The Kier molecular flexibility index (Phi) is 4.36. The van der Waals surface area contributed by atoms with Crippen molar-refractivity contribution in [2.24, 2.45) is 7.05 Å². The number of halogens is 2. The van der Waals surface area contributed by atoms with Gasteiger partial charge in [-0.2, -0.15) is 10.2 Å². The molecule has 2 N–H and O–H groups in total. The van der Waals surface area contributed by atoms with Crippen LogP contribution in [0.3, 0.4) is 0 Å². The number of benzene rings is 1. The Morgan fingerprint density at radius 1 is 1.30 bits per heavy atom. The van der Waals surface area contributed by atoms with Crippen LogP contribution in [0.4, 0.5) is 0 Å². The van der Waals surface area contributed by atoms with Crippen LogP contribution in [0.2, 0.25) is 10.0 Å². The molecule has 0 spiro atoms. The van der Waals surface area contributed by atoms with Crippen LogP contribution < -0.4 is 5.32 Å². The fourth-order valence-corrected chi connectivity index (χ4v) is 2.46. The van der Waals surface area contributed by atoms with Crippen molar-refractivity contribution in [2.45, 2.75) is 6.54 Å². The molecule has 1 aromatic carbocycles. The van der Waals surface area contributed by atoms with Gasteiger partial charge in [0, 0.05) is 17.6 Å². The lowest BCUT2D eigenvalue weighted by atomic mass is 10.1. The third kappa shape index (κ3) is 3.38. The summed E-state index contributed by atoms with van der Waals surface area (Å²) in [5.41, 5.74) is 2.65. The van der Waals surface area contributed by atoms with Crippen molar-refractivity contribution in [1.29, 1.82) is 0 Å². The first-order valence-electron chi connectivity index (χ1n) is 6.80. The molecule has 0 bridgehead atoms. The average molecular weight is 350 g/mol. The molecular formula is C15H13Cl2N5O. The van der Waals surface area contributed by atoms with Crippen LogP contribution in [-0.2, 0) is 13.6 Å². The van der Waals surface area contributed by atoms with E-state index in [1.807, 2.05) is 12.1 Å². The van der Waals surface area contributed by atoms with Crippen LogP contribution in [0.1, 0.15) is 16.2 Å². The second kappa shape index (κ2) is 6.44. The largest absolute Gasteiger partial charge is 0.345 e. The van der Waals surface area contributed by atoms with Crippen molar-refractivity contribution >= 4 is 29.1 Å². The number of nitrogens with zero attached hydrogens (tertiary/aromatic N) is 3. The van der Waals surface area contributed by atoms with Crippen LogP contribution in [0.5, 0.6) is 0 Å². The number of aromatic nitrogens is 4. The summed E-state index contributed by atoms with van der Waals surface area (Å²) < 4.78 is 1.62. The predicted octanol–water partition coefficient (Wildman–Crippen LogP) is 3.05. The van der Waals surface area contributed by atoms with E-state index in [1.165, 1.54) is 6.20 Å². The molecule has 8 heteroatoms. The van der Waals surface area contributed by atoms with Crippen molar-refractivity contribution in [2.75, 3.05) is 0 Å². The maximum Gasteiger partial charge on any atom is 0.269 e. The highest BCUT2D eigenvalue weighted by Crippen LogP contribution is 2.20. The summed E-state index contributed by atoms with van der Waals surface area (Å²) in [7, 11) is 1.77. The number of H-pyrrole nitrogens is 1. The summed E-state index contributed by atoms with van der Waals surface area (Å²) in [6.07, 6.45) is 1.54. The Morgan fingerprint density at radius 2 is 2.04 bits per heavy atom. The Morgan fingerprint density at radius 3 is 2.70 bits per heavy atom. The quantitative estimate of drug-likeness (QED) is 0.759. The van der Waals surface area contributed by atoms with E-state index in [2.05, 4.69) is 20.6 Å². The van der Waals surface area contributed by atoms with Gasteiger partial charge in [-0.25, -0.2) is 0 Å². The highest BCUT2D eigenvalue weighted by molar-refractivity contribution is 6.31. The molecule has 23 heavy (non-hydrogen) atoms. The van der Waals surface area contributed by atoms with E-state index in [4.69, 9.17) is 23.2 Å². The molecule has 6 nitrogen and oxygen atoms in total. The zero-order chi connectivity index (χ0) is 16.4. The zero-order valence-electron chi connectivity index (χ0n) is 12.2. The molecule has 0 aliphatic heterocycles. The van der Waals surface area contributed by atoms with Crippen LogP contribution in [0, 0.1) is 0 Å². The fourth-order valence-electron chi connectivity index (χ4n) is 2.10. The molecular weight excluding hydrogens is 337 g/mol. The molecule has 3 aromatic rings. The van der Waals surface area contributed by atoms with Crippen molar-refractivity contribution in [3.05, 3.63) is 58.0 Å². The third-order valence-corrected chi connectivity index (χ3v) is 3.96. The molecule has 1 amide bonds. The van der Waals surface area contributed by atoms with E-state index in [0.29, 0.717) is 21.4 Å². The van der Waals surface area contributed by atoms with E-state index in [0.717, 1.165) is 11.3 Å². The SMILES string of the molecule is Cn1ncc(Cl)c1CNC(=O)c1cc(-c2ccc(Cl)cc2)n[nH]1.